The Labute approximate surface area is 114 Å². The van der Waals surface area contributed by atoms with Gasteiger partial charge in [0.2, 0.25) is 5.91 Å². The molecule has 1 amide bonds. The van der Waals surface area contributed by atoms with Gasteiger partial charge in [0.1, 0.15) is 0 Å². The molecule has 18 heavy (non-hydrogen) atoms. The van der Waals surface area contributed by atoms with Crippen molar-refractivity contribution in [2.45, 2.75) is 39.2 Å². The van der Waals surface area contributed by atoms with E-state index in [1.165, 1.54) is 18.4 Å². The highest BCUT2D eigenvalue weighted by molar-refractivity contribution is 6.30. The zero-order valence-electron chi connectivity index (χ0n) is 11.0. The van der Waals surface area contributed by atoms with Gasteiger partial charge in [0, 0.05) is 24.5 Å². The molecule has 1 saturated carbocycles. The van der Waals surface area contributed by atoms with Crippen molar-refractivity contribution in [2.24, 2.45) is 5.92 Å². The van der Waals surface area contributed by atoms with Crippen LogP contribution in [0.1, 0.15) is 32.3 Å². The minimum atomic E-state index is 0.184. The molecular formula is C15H20ClNO. The van der Waals surface area contributed by atoms with E-state index in [1.54, 1.807) is 6.92 Å². The van der Waals surface area contributed by atoms with Gasteiger partial charge in [-0.25, -0.2) is 0 Å². The molecule has 0 spiro atoms. The highest BCUT2D eigenvalue weighted by atomic mass is 35.5. The Hall–Kier alpha value is -1.02. The largest absolute Gasteiger partial charge is 0.340 e. The number of amides is 1. The van der Waals surface area contributed by atoms with Crippen LogP contribution in [0.3, 0.4) is 0 Å². The Balaban J connectivity index is 1.97. The van der Waals surface area contributed by atoms with Gasteiger partial charge in [0.15, 0.2) is 0 Å². The number of carbonyl (C=O) groups is 1. The van der Waals surface area contributed by atoms with Crippen LogP contribution in [0.25, 0.3) is 0 Å². The average molecular weight is 266 g/mol. The van der Waals surface area contributed by atoms with E-state index in [-0.39, 0.29) is 11.9 Å². The average Bonchev–Trinajstić information content (AvgIpc) is 3.12. The molecule has 1 aromatic carbocycles. The molecular weight excluding hydrogens is 246 g/mol. The van der Waals surface area contributed by atoms with Crippen LogP contribution < -0.4 is 0 Å². The van der Waals surface area contributed by atoms with E-state index in [4.69, 9.17) is 11.6 Å². The summed E-state index contributed by atoms with van der Waals surface area (Å²) in [4.78, 5) is 13.7. The molecule has 1 aliphatic rings. The van der Waals surface area contributed by atoms with Crippen LogP contribution in [-0.2, 0) is 11.2 Å². The van der Waals surface area contributed by atoms with Crippen molar-refractivity contribution in [3.63, 3.8) is 0 Å². The lowest BCUT2D eigenvalue weighted by atomic mass is 10.1. The quantitative estimate of drug-likeness (QED) is 0.798. The van der Waals surface area contributed by atoms with Crippen LogP contribution >= 0.6 is 11.6 Å². The molecule has 1 atom stereocenters. The smallest absolute Gasteiger partial charge is 0.219 e. The fourth-order valence-electron chi connectivity index (χ4n) is 2.27. The number of rotatable bonds is 5. The molecule has 0 aliphatic heterocycles. The van der Waals surface area contributed by atoms with E-state index in [1.807, 2.05) is 29.2 Å². The summed E-state index contributed by atoms with van der Waals surface area (Å²) in [6, 6.07) is 8.14. The van der Waals surface area contributed by atoms with Crippen molar-refractivity contribution in [1.29, 1.82) is 0 Å². The van der Waals surface area contributed by atoms with E-state index < -0.39 is 0 Å². The van der Waals surface area contributed by atoms with Gasteiger partial charge in [0.05, 0.1) is 0 Å². The third-order valence-corrected chi connectivity index (χ3v) is 3.78. The van der Waals surface area contributed by atoms with Gasteiger partial charge in [-0.3, -0.25) is 4.79 Å². The van der Waals surface area contributed by atoms with Gasteiger partial charge in [-0.05, 0) is 49.8 Å². The summed E-state index contributed by atoms with van der Waals surface area (Å²) in [6.07, 6.45) is 3.44. The number of hydrogen-bond donors (Lipinski definition) is 0. The monoisotopic (exact) mass is 265 g/mol. The topological polar surface area (TPSA) is 20.3 Å². The third-order valence-electron chi connectivity index (χ3n) is 3.53. The van der Waals surface area contributed by atoms with Crippen LogP contribution in [0.5, 0.6) is 0 Å². The van der Waals surface area contributed by atoms with Crippen molar-refractivity contribution in [1.82, 2.24) is 4.90 Å². The van der Waals surface area contributed by atoms with Crippen LogP contribution in [0.2, 0.25) is 5.02 Å². The standard InChI is InChI=1S/C15H20ClNO/c1-11(9-13-5-7-15(16)8-6-13)17(12(2)18)10-14-3-4-14/h5-8,11,14H,3-4,9-10H2,1-2H3. The van der Waals surface area contributed by atoms with Crippen molar-refractivity contribution in [2.75, 3.05) is 6.54 Å². The number of carbonyl (C=O) groups excluding carboxylic acids is 1. The van der Waals surface area contributed by atoms with Gasteiger partial charge in [-0.15, -0.1) is 0 Å². The second-order valence-corrected chi connectivity index (χ2v) is 5.73. The molecule has 0 heterocycles. The first-order chi connectivity index (χ1) is 8.56. The Morgan fingerprint density at radius 2 is 2.00 bits per heavy atom. The van der Waals surface area contributed by atoms with Gasteiger partial charge in [-0.1, -0.05) is 23.7 Å². The summed E-state index contributed by atoms with van der Waals surface area (Å²) < 4.78 is 0. The van der Waals surface area contributed by atoms with E-state index >= 15 is 0 Å². The number of hydrogen-bond acceptors (Lipinski definition) is 1. The molecule has 0 aromatic heterocycles. The summed E-state index contributed by atoms with van der Waals surface area (Å²) in [7, 11) is 0. The summed E-state index contributed by atoms with van der Waals surface area (Å²) >= 11 is 5.87. The molecule has 1 aliphatic carbocycles. The predicted octanol–water partition coefficient (Wildman–Crippen LogP) is 3.53. The molecule has 0 N–H and O–H groups in total. The molecule has 1 fully saturated rings. The molecule has 1 unspecified atom stereocenters. The van der Waals surface area contributed by atoms with E-state index in [2.05, 4.69) is 6.92 Å². The minimum Gasteiger partial charge on any atom is -0.340 e. The fourth-order valence-corrected chi connectivity index (χ4v) is 2.40. The Bertz CT molecular complexity index is 411. The Morgan fingerprint density at radius 1 is 1.39 bits per heavy atom. The fraction of sp³-hybridized carbons (Fsp3) is 0.533. The van der Waals surface area contributed by atoms with E-state index in [9.17, 15) is 4.79 Å². The summed E-state index contributed by atoms with van der Waals surface area (Å²) in [5.74, 6) is 0.921. The third kappa shape index (κ3) is 3.74. The summed E-state index contributed by atoms with van der Waals surface area (Å²) in [5, 5.41) is 0.757. The lowest BCUT2D eigenvalue weighted by molar-refractivity contribution is -0.131. The molecule has 3 heteroatoms. The highest BCUT2D eigenvalue weighted by Crippen LogP contribution is 2.30. The Kier molecular flexibility index (Phi) is 4.28. The molecule has 2 rings (SSSR count). The second-order valence-electron chi connectivity index (χ2n) is 5.29. The number of halogens is 1. The molecule has 98 valence electrons. The minimum absolute atomic E-state index is 0.184. The second kappa shape index (κ2) is 5.75. The Morgan fingerprint density at radius 3 is 2.50 bits per heavy atom. The van der Waals surface area contributed by atoms with Crippen molar-refractivity contribution in [3.8, 4) is 0 Å². The lowest BCUT2D eigenvalue weighted by Gasteiger charge is -2.28. The normalized spacial score (nSPS) is 16.4. The highest BCUT2D eigenvalue weighted by Gasteiger charge is 2.27. The van der Waals surface area contributed by atoms with Gasteiger partial charge in [0.25, 0.3) is 0 Å². The predicted molar refractivity (Wildman–Crippen MR) is 74.7 cm³/mol. The van der Waals surface area contributed by atoms with E-state index in [0.717, 1.165) is 23.9 Å². The van der Waals surface area contributed by atoms with Crippen LogP contribution in [0, 0.1) is 5.92 Å². The summed E-state index contributed by atoms with van der Waals surface area (Å²) in [6.45, 7) is 4.71. The van der Waals surface area contributed by atoms with Crippen LogP contribution in [-0.4, -0.2) is 23.4 Å². The summed E-state index contributed by atoms with van der Waals surface area (Å²) in [5.41, 5.74) is 1.23. The first kappa shape index (κ1) is 13.4. The maximum absolute atomic E-state index is 11.7. The number of benzene rings is 1. The zero-order valence-corrected chi connectivity index (χ0v) is 11.8. The van der Waals surface area contributed by atoms with Crippen molar-refractivity contribution < 1.29 is 4.79 Å². The van der Waals surface area contributed by atoms with Gasteiger partial charge >= 0.3 is 0 Å². The SMILES string of the molecule is CC(=O)N(CC1CC1)C(C)Cc1ccc(Cl)cc1. The molecule has 0 radical (unpaired) electrons. The number of nitrogens with zero attached hydrogens (tertiary/aromatic N) is 1. The van der Waals surface area contributed by atoms with E-state index in [0.29, 0.717) is 0 Å². The van der Waals surface area contributed by atoms with Crippen molar-refractivity contribution >= 4 is 17.5 Å². The molecule has 0 saturated heterocycles. The molecule has 0 bridgehead atoms. The molecule has 2 nitrogen and oxygen atoms in total. The van der Waals surface area contributed by atoms with Gasteiger partial charge < -0.3 is 4.90 Å². The first-order valence-electron chi connectivity index (χ1n) is 6.58. The lowest BCUT2D eigenvalue weighted by Crippen LogP contribution is -2.39. The van der Waals surface area contributed by atoms with Gasteiger partial charge in [-0.2, -0.15) is 0 Å². The maximum atomic E-state index is 11.7. The zero-order chi connectivity index (χ0) is 13.1. The molecule has 1 aromatic rings. The maximum Gasteiger partial charge on any atom is 0.219 e. The first-order valence-corrected chi connectivity index (χ1v) is 6.95. The van der Waals surface area contributed by atoms with Crippen LogP contribution in [0.4, 0.5) is 0 Å². The van der Waals surface area contributed by atoms with Crippen LogP contribution in [0.15, 0.2) is 24.3 Å². The van der Waals surface area contributed by atoms with Crippen molar-refractivity contribution in [3.05, 3.63) is 34.9 Å².